The number of carbonyl (C=O) groups is 1. The molecule has 4 nitrogen and oxygen atoms in total. The van der Waals surface area contributed by atoms with Crippen molar-refractivity contribution in [3.63, 3.8) is 0 Å². The van der Waals surface area contributed by atoms with E-state index in [4.69, 9.17) is 20.8 Å². The van der Waals surface area contributed by atoms with Crippen LogP contribution in [0.4, 0.5) is 5.69 Å². The summed E-state index contributed by atoms with van der Waals surface area (Å²) in [7, 11) is 0. The van der Waals surface area contributed by atoms with Crippen LogP contribution in [-0.4, -0.2) is 12.5 Å². The molecule has 2 aromatic rings. The fraction of sp³-hybridized carbons (Fsp3) is 0.214. The molecule has 0 aliphatic heterocycles. The molecular formula is C14H14ClNO3. The molecule has 1 heterocycles. The zero-order valence-corrected chi connectivity index (χ0v) is 11.2. The Hall–Kier alpha value is -1.94. The van der Waals surface area contributed by atoms with Crippen molar-refractivity contribution >= 4 is 23.2 Å². The molecule has 100 valence electrons. The highest BCUT2D eigenvalue weighted by Crippen LogP contribution is 2.25. The summed E-state index contributed by atoms with van der Waals surface area (Å²) in [6, 6.07) is 6.98. The number of hydrogen-bond donors (Lipinski definition) is 1. The van der Waals surface area contributed by atoms with Gasteiger partial charge < -0.3 is 14.5 Å². The molecule has 0 spiro atoms. The van der Waals surface area contributed by atoms with Crippen LogP contribution >= 0.6 is 11.6 Å². The number of carbonyl (C=O) groups excluding carboxylic acids is 1. The summed E-state index contributed by atoms with van der Waals surface area (Å²) in [4.78, 5) is 11.9. The van der Waals surface area contributed by atoms with E-state index in [1.165, 1.54) is 12.5 Å². The van der Waals surface area contributed by atoms with Crippen molar-refractivity contribution in [3.05, 3.63) is 47.9 Å². The number of halogens is 1. The van der Waals surface area contributed by atoms with Crippen LogP contribution in [-0.2, 0) is 5.88 Å². The quantitative estimate of drug-likeness (QED) is 0.850. The molecule has 0 fully saturated rings. The highest BCUT2D eigenvalue weighted by atomic mass is 35.5. The fourth-order valence-electron chi connectivity index (χ4n) is 1.65. The number of hydrogen-bond acceptors (Lipinski definition) is 3. The van der Waals surface area contributed by atoms with Gasteiger partial charge in [0.15, 0.2) is 0 Å². The molecule has 1 aromatic carbocycles. The second-order valence-electron chi connectivity index (χ2n) is 3.86. The normalized spacial score (nSPS) is 10.2. The van der Waals surface area contributed by atoms with Crippen molar-refractivity contribution in [2.75, 3.05) is 11.9 Å². The first-order chi connectivity index (χ1) is 9.24. The van der Waals surface area contributed by atoms with E-state index in [2.05, 4.69) is 5.32 Å². The zero-order chi connectivity index (χ0) is 13.7. The summed E-state index contributed by atoms with van der Waals surface area (Å²) in [6.07, 6.45) is 2.85. The molecule has 19 heavy (non-hydrogen) atoms. The van der Waals surface area contributed by atoms with Crippen molar-refractivity contribution in [2.45, 2.75) is 12.8 Å². The maximum atomic E-state index is 11.9. The van der Waals surface area contributed by atoms with Crippen LogP contribution in [0.2, 0.25) is 0 Å². The molecule has 5 heteroatoms. The van der Waals surface area contributed by atoms with Gasteiger partial charge in [-0.1, -0.05) is 0 Å². The van der Waals surface area contributed by atoms with Crippen LogP contribution in [0.1, 0.15) is 22.8 Å². The van der Waals surface area contributed by atoms with Crippen molar-refractivity contribution < 1.29 is 13.9 Å². The van der Waals surface area contributed by atoms with Gasteiger partial charge in [0.1, 0.15) is 12.0 Å². The lowest BCUT2D eigenvalue weighted by Gasteiger charge is -2.10. The number of rotatable bonds is 5. The number of anilines is 1. The Labute approximate surface area is 116 Å². The predicted octanol–water partition coefficient (Wildman–Crippen LogP) is 3.67. The second-order valence-corrected chi connectivity index (χ2v) is 4.12. The van der Waals surface area contributed by atoms with Crippen LogP contribution in [0, 0.1) is 0 Å². The monoisotopic (exact) mass is 279 g/mol. The number of benzene rings is 1. The number of amides is 1. The third-order valence-corrected chi connectivity index (χ3v) is 2.83. The molecule has 2 rings (SSSR count). The van der Waals surface area contributed by atoms with E-state index in [0.717, 1.165) is 11.3 Å². The average Bonchev–Trinajstić information content (AvgIpc) is 2.94. The Morgan fingerprint density at radius 1 is 1.42 bits per heavy atom. The second kappa shape index (κ2) is 6.29. The molecule has 1 aromatic heterocycles. The standard InChI is InChI=1S/C14H14ClNO3/c1-2-19-13-4-3-12(7-11(13)8-15)16-14(17)10-5-6-18-9-10/h3-7,9H,2,8H2,1H3,(H,16,17). The average molecular weight is 280 g/mol. The Kier molecular flexibility index (Phi) is 4.47. The van der Waals surface area contributed by atoms with Crippen LogP contribution in [0.25, 0.3) is 0 Å². The highest BCUT2D eigenvalue weighted by Gasteiger charge is 2.09. The van der Waals surface area contributed by atoms with Crippen molar-refractivity contribution in [2.24, 2.45) is 0 Å². The smallest absolute Gasteiger partial charge is 0.258 e. The summed E-state index contributed by atoms with van der Waals surface area (Å²) in [6.45, 7) is 2.48. The predicted molar refractivity (Wildman–Crippen MR) is 73.8 cm³/mol. The number of ether oxygens (including phenoxy) is 1. The maximum Gasteiger partial charge on any atom is 0.258 e. The molecular weight excluding hydrogens is 266 g/mol. The van der Waals surface area contributed by atoms with Crippen molar-refractivity contribution in [1.29, 1.82) is 0 Å². The molecule has 0 aliphatic rings. The summed E-state index contributed by atoms with van der Waals surface area (Å²) in [5.41, 5.74) is 1.99. The third-order valence-electron chi connectivity index (χ3n) is 2.55. The minimum absolute atomic E-state index is 0.224. The fourth-order valence-corrected chi connectivity index (χ4v) is 1.86. The maximum absolute atomic E-state index is 11.9. The molecule has 1 amide bonds. The molecule has 0 bridgehead atoms. The summed E-state index contributed by atoms with van der Waals surface area (Å²) >= 11 is 5.87. The highest BCUT2D eigenvalue weighted by molar-refractivity contribution is 6.17. The van der Waals surface area contributed by atoms with E-state index in [-0.39, 0.29) is 5.91 Å². The Morgan fingerprint density at radius 3 is 2.89 bits per heavy atom. The Morgan fingerprint density at radius 2 is 2.26 bits per heavy atom. The molecule has 0 unspecified atom stereocenters. The lowest BCUT2D eigenvalue weighted by atomic mass is 10.2. The molecule has 1 N–H and O–H groups in total. The van der Waals surface area contributed by atoms with Gasteiger partial charge in [0, 0.05) is 11.3 Å². The van der Waals surface area contributed by atoms with Gasteiger partial charge in [-0.2, -0.15) is 0 Å². The van der Waals surface area contributed by atoms with Gasteiger partial charge in [0.05, 0.1) is 24.3 Å². The van der Waals surface area contributed by atoms with Crippen LogP contribution in [0.3, 0.4) is 0 Å². The number of furan rings is 1. The summed E-state index contributed by atoms with van der Waals surface area (Å²) < 4.78 is 10.3. The van der Waals surface area contributed by atoms with Crippen molar-refractivity contribution in [1.82, 2.24) is 0 Å². The van der Waals surface area contributed by atoms with Crippen LogP contribution < -0.4 is 10.1 Å². The number of nitrogens with one attached hydrogen (secondary N) is 1. The first kappa shape index (κ1) is 13.5. The van der Waals surface area contributed by atoms with Gasteiger partial charge in [-0.25, -0.2) is 0 Å². The third kappa shape index (κ3) is 3.29. The molecule has 0 atom stereocenters. The van der Waals surface area contributed by atoms with Gasteiger partial charge >= 0.3 is 0 Å². The lowest BCUT2D eigenvalue weighted by Crippen LogP contribution is -2.11. The van der Waals surface area contributed by atoms with Crippen LogP contribution in [0.15, 0.2) is 41.2 Å². The molecule has 0 saturated carbocycles. The Balaban J connectivity index is 2.15. The van der Waals surface area contributed by atoms with Gasteiger partial charge in [-0.05, 0) is 31.2 Å². The van der Waals surface area contributed by atoms with E-state index in [1.54, 1.807) is 24.3 Å². The lowest BCUT2D eigenvalue weighted by molar-refractivity contribution is 0.102. The van der Waals surface area contributed by atoms with Crippen LogP contribution in [0.5, 0.6) is 5.75 Å². The first-order valence-electron chi connectivity index (χ1n) is 5.89. The molecule has 0 saturated heterocycles. The minimum Gasteiger partial charge on any atom is -0.494 e. The Bertz CT molecular complexity index is 552. The first-order valence-corrected chi connectivity index (χ1v) is 6.43. The van der Waals surface area contributed by atoms with Gasteiger partial charge in [-0.3, -0.25) is 4.79 Å². The minimum atomic E-state index is -0.224. The molecule has 0 aliphatic carbocycles. The van der Waals surface area contributed by atoms with E-state index in [0.29, 0.717) is 23.7 Å². The van der Waals surface area contributed by atoms with Gasteiger partial charge in [0.25, 0.3) is 5.91 Å². The van der Waals surface area contributed by atoms with E-state index in [9.17, 15) is 4.79 Å². The zero-order valence-electron chi connectivity index (χ0n) is 10.5. The molecule has 0 radical (unpaired) electrons. The van der Waals surface area contributed by atoms with Gasteiger partial charge in [-0.15, -0.1) is 11.6 Å². The van der Waals surface area contributed by atoms with E-state index >= 15 is 0 Å². The van der Waals surface area contributed by atoms with E-state index < -0.39 is 0 Å². The SMILES string of the molecule is CCOc1ccc(NC(=O)c2ccoc2)cc1CCl. The summed E-state index contributed by atoms with van der Waals surface area (Å²) in [5.74, 6) is 0.835. The van der Waals surface area contributed by atoms with Gasteiger partial charge in [0.2, 0.25) is 0 Å². The topological polar surface area (TPSA) is 51.5 Å². The number of alkyl halides is 1. The summed E-state index contributed by atoms with van der Waals surface area (Å²) in [5, 5.41) is 2.78. The largest absolute Gasteiger partial charge is 0.494 e. The van der Waals surface area contributed by atoms with Crippen molar-refractivity contribution in [3.8, 4) is 5.75 Å². The van der Waals surface area contributed by atoms with E-state index in [1.807, 2.05) is 6.92 Å².